The van der Waals surface area contributed by atoms with Gasteiger partial charge in [-0.05, 0) is 24.3 Å². The van der Waals surface area contributed by atoms with Crippen LogP contribution in [0, 0.1) is 0 Å². The zero-order valence-electron chi connectivity index (χ0n) is 15.3. The number of pyridine rings is 1. The Morgan fingerprint density at radius 3 is 2.70 bits per heavy atom. The molecular formula is C18H15F3N6O3. The molecule has 0 aliphatic carbocycles. The summed E-state index contributed by atoms with van der Waals surface area (Å²) in [6.07, 6.45) is -0.506. The molecule has 0 saturated carbocycles. The van der Waals surface area contributed by atoms with Crippen LogP contribution in [-0.4, -0.2) is 49.7 Å². The summed E-state index contributed by atoms with van der Waals surface area (Å²) in [5, 5.41) is 11.0. The first kappa shape index (κ1) is 19.8. The van der Waals surface area contributed by atoms with Gasteiger partial charge in [0.05, 0.1) is 24.8 Å². The van der Waals surface area contributed by atoms with E-state index in [0.29, 0.717) is 5.82 Å². The third-order valence-electron chi connectivity index (χ3n) is 4.55. The van der Waals surface area contributed by atoms with Crippen LogP contribution in [0.5, 0.6) is 0 Å². The summed E-state index contributed by atoms with van der Waals surface area (Å²) >= 11 is 0. The lowest BCUT2D eigenvalue weighted by Crippen LogP contribution is -2.44. The number of ether oxygens (including phenoxy) is 1. The summed E-state index contributed by atoms with van der Waals surface area (Å²) in [6, 6.07) is 5.12. The lowest BCUT2D eigenvalue weighted by atomic mass is 10.1. The number of carbonyl (C=O) groups excluding carboxylic acids is 1. The first-order valence-corrected chi connectivity index (χ1v) is 8.84. The van der Waals surface area contributed by atoms with Gasteiger partial charge in [0.25, 0.3) is 11.5 Å². The lowest BCUT2D eigenvalue weighted by molar-refractivity contribution is -0.141. The second-order valence-corrected chi connectivity index (χ2v) is 6.54. The second kappa shape index (κ2) is 7.71. The summed E-state index contributed by atoms with van der Waals surface area (Å²) in [6.45, 7) is 0.246. The average molecular weight is 420 g/mol. The van der Waals surface area contributed by atoms with E-state index in [4.69, 9.17) is 4.74 Å². The number of hydrogen-bond donors (Lipinski definition) is 1. The van der Waals surface area contributed by atoms with Crippen molar-refractivity contribution in [2.24, 2.45) is 0 Å². The van der Waals surface area contributed by atoms with Gasteiger partial charge in [-0.15, -0.1) is 5.10 Å². The molecule has 1 saturated heterocycles. The van der Waals surface area contributed by atoms with Gasteiger partial charge < -0.3 is 10.1 Å². The smallest absolute Gasteiger partial charge is 0.377 e. The van der Waals surface area contributed by atoms with Crippen LogP contribution in [0.3, 0.4) is 0 Å². The van der Waals surface area contributed by atoms with Crippen LogP contribution in [0.15, 0.2) is 53.7 Å². The maximum Gasteiger partial charge on any atom is 0.433 e. The molecule has 1 aliphatic heterocycles. The van der Waals surface area contributed by atoms with Gasteiger partial charge in [0.2, 0.25) is 0 Å². The highest BCUT2D eigenvalue weighted by atomic mass is 19.4. The maximum atomic E-state index is 12.6. The zero-order valence-corrected chi connectivity index (χ0v) is 15.3. The van der Waals surface area contributed by atoms with E-state index < -0.39 is 35.4 Å². The monoisotopic (exact) mass is 420 g/mol. The molecule has 2 atom stereocenters. The number of nitrogens with zero attached hydrogens (tertiary/aromatic N) is 5. The molecule has 1 amide bonds. The topological polar surface area (TPSA) is 104 Å². The summed E-state index contributed by atoms with van der Waals surface area (Å²) in [5.74, 6) is -0.225. The van der Waals surface area contributed by atoms with Crippen molar-refractivity contribution in [1.29, 1.82) is 0 Å². The van der Waals surface area contributed by atoms with E-state index in [9.17, 15) is 22.8 Å². The van der Waals surface area contributed by atoms with Crippen molar-refractivity contribution in [3.05, 3.63) is 70.5 Å². The van der Waals surface area contributed by atoms with E-state index in [1.807, 2.05) is 0 Å². The fourth-order valence-corrected chi connectivity index (χ4v) is 3.05. The fraction of sp³-hybridized carbons (Fsp3) is 0.278. The van der Waals surface area contributed by atoms with Gasteiger partial charge in [-0.3, -0.25) is 14.6 Å². The zero-order chi connectivity index (χ0) is 21.3. The highest BCUT2D eigenvalue weighted by Gasteiger charge is 2.34. The summed E-state index contributed by atoms with van der Waals surface area (Å²) < 4.78 is 46.0. The first-order chi connectivity index (χ1) is 14.3. The van der Waals surface area contributed by atoms with E-state index in [1.165, 1.54) is 21.5 Å². The number of amides is 1. The Morgan fingerprint density at radius 1 is 1.20 bits per heavy atom. The molecule has 156 valence electrons. The number of aromatic nitrogens is 5. The molecule has 4 heterocycles. The molecule has 2 unspecified atom stereocenters. The molecule has 1 fully saturated rings. The molecule has 4 rings (SSSR count). The molecule has 12 heteroatoms. The van der Waals surface area contributed by atoms with Gasteiger partial charge in [0.1, 0.15) is 11.7 Å². The molecule has 1 N–H and O–H groups in total. The molecule has 0 bridgehead atoms. The summed E-state index contributed by atoms with van der Waals surface area (Å²) in [4.78, 5) is 28.1. The Labute approximate surface area is 167 Å². The second-order valence-electron chi connectivity index (χ2n) is 6.54. The number of halogens is 3. The SMILES string of the molecule is O=C(NC1COCC1n1nc(-n2cccn2)ccc1=O)c1ccc(C(F)(F)F)nc1. The number of alkyl halides is 3. The molecular weight excluding hydrogens is 405 g/mol. The third-order valence-corrected chi connectivity index (χ3v) is 4.55. The standard InChI is InChI=1S/C18H15F3N6O3/c19-18(20,21)14-3-2-11(8-22-14)17(29)24-12-9-30-10-13(12)27-16(28)5-4-15(25-27)26-7-1-6-23-26/h1-8,12-13H,9-10H2,(H,24,29). The van der Waals surface area contributed by atoms with Gasteiger partial charge in [0, 0.05) is 24.7 Å². The van der Waals surface area contributed by atoms with E-state index in [2.05, 4.69) is 20.5 Å². The minimum Gasteiger partial charge on any atom is -0.377 e. The fourth-order valence-electron chi connectivity index (χ4n) is 3.05. The predicted molar refractivity (Wildman–Crippen MR) is 96.0 cm³/mol. The Kier molecular flexibility index (Phi) is 5.08. The van der Waals surface area contributed by atoms with Crippen molar-refractivity contribution in [3.63, 3.8) is 0 Å². The first-order valence-electron chi connectivity index (χ1n) is 8.84. The normalized spacial score (nSPS) is 19.0. The Hall–Kier alpha value is -3.54. The number of carbonyl (C=O) groups is 1. The van der Waals surface area contributed by atoms with Crippen molar-refractivity contribution in [3.8, 4) is 5.82 Å². The highest BCUT2D eigenvalue weighted by Crippen LogP contribution is 2.27. The van der Waals surface area contributed by atoms with Crippen molar-refractivity contribution < 1.29 is 22.7 Å². The predicted octanol–water partition coefficient (Wildman–Crippen LogP) is 1.21. The van der Waals surface area contributed by atoms with Gasteiger partial charge in [-0.1, -0.05) is 0 Å². The van der Waals surface area contributed by atoms with Gasteiger partial charge in [-0.25, -0.2) is 9.36 Å². The van der Waals surface area contributed by atoms with Gasteiger partial charge in [-0.2, -0.15) is 18.3 Å². The van der Waals surface area contributed by atoms with Crippen LogP contribution in [0.25, 0.3) is 5.82 Å². The van der Waals surface area contributed by atoms with Crippen LogP contribution in [0.4, 0.5) is 13.2 Å². The third kappa shape index (κ3) is 3.94. The molecule has 0 spiro atoms. The van der Waals surface area contributed by atoms with E-state index in [-0.39, 0.29) is 18.8 Å². The highest BCUT2D eigenvalue weighted by molar-refractivity contribution is 5.94. The molecule has 1 aliphatic rings. The number of rotatable bonds is 4. The van der Waals surface area contributed by atoms with E-state index >= 15 is 0 Å². The Bertz CT molecular complexity index is 1100. The van der Waals surface area contributed by atoms with E-state index in [0.717, 1.165) is 18.3 Å². The van der Waals surface area contributed by atoms with Gasteiger partial charge in [0.15, 0.2) is 5.82 Å². The Balaban J connectivity index is 1.54. The molecule has 30 heavy (non-hydrogen) atoms. The van der Waals surface area contributed by atoms with Crippen LogP contribution in [-0.2, 0) is 10.9 Å². The van der Waals surface area contributed by atoms with E-state index in [1.54, 1.807) is 18.5 Å². The maximum absolute atomic E-state index is 12.6. The average Bonchev–Trinajstić information content (AvgIpc) is 3.40. The minimum absolute atomic E-state index is 0.0424. The summed E-state index contributed by atoms with van der Waals surface area (Å²) in [7, 11) is 0. The van der Waals surface area contributed by atoms with Crippen LogP contribution in [0.2, 0.25) is 0 Å². The minimum atomic E-state index is -4.59. The van der Waals surface area contributed by atoms with Crippen molar-refractivity contribution in [2.75, 3.05) is 13.2 Å². The number of nitrogens with one attached hydrogen (secondary N) is 1. The lowest BCUT2D eigenvalue weighted by Gasteiger charge is -2.20. The van der Waals surface area contributed by atoms with Crippen molar-refractivity contribution in [1.82, 2.24) is 29.9 Å². The summed E-state index contributed by atoms with van der Waals surface area (Å²) in [5.41, 5.74) is -1.52. The molecule has 9 nitrogen and oxygen atoms in total. The molecule has 3 aromatic rings. The molecule has 0 radical (unpaired) electrons. The van der Waals surface area contributed by atoms with Gasteiger partial charge >= 0.3 is 6.18 Å². The van der Waals surface area contributed by atoms with Crippen LogP contribution in [0.1, 0.15) is 22.1 Å². The Morgan fingerprint density at radius 2 is 2.03 bits per heavy atom. The van der Waals surface area contributed by atoms with Crippen molar-refractivity contribution >= 4 is 5.91 Å². The van der Waals surface area contributed by atoms with Crippen LogP contribution < -0.4 is 10.9 Å². The molecule has 3 aromatic heterocycles. The molecule has 0 aromatic carbocycles. The quantitative estimate of drug-likeness (QED) is 0.681. The van der Waals surface area contributed by atoms with Crippen LogP contribution >= 0.6 is 0 Å². The largest absolute Gasteiger partial charge is 0.433 e. The van der Waals surface area contributed by atoms with Crippen molar-refractivity contribution in [2.45, 2.75) is 18.3 Å². The number of hydrogen-bond acceptors (Lipinski definition) is 6.